The predicted octanol–water partition coefficient (Wildman–Crippen LogP) is -0.765. The van der Waals surface area contributed by atoms with Crippen LogP contribution < -0.4 is 0 Å². The van der Waals surface area contributed by atoms with Crippen LogP contribution in [0, 0.1) is 0 Å². The van der Waals surface area contributed by atoms with Crippen molar-refractivity contribution < 1.29 is 24.5 Å². The molecular weight excluding hydrogens is 214 g/mol. The van der Waals surface area contributed by atoms with Gasteiger partial charge in [0.25, 0.3) is 0 Å². The summed E-state index contributed by atoms with van der Waals surface area (Å²) < 4.78 is 5.24. The minimum atomic E-state index is -1.17. The summed E-state index contributed by atoms with van der Waals surface area (Å²) in [6.07, 6.45) is 0.667. The number of carbonyl (C=O) groups is 2. The first-order valence-electron chi connectivity index (χ1n) is 5.04. The fraction of sp³-hybridized carbons (Fsp3) is 0.600. The highest BCUT2D eigenvalue weighted by atomic mass is 16.5. The van der Waals surface area contributed by atoms with Crippen LogP contribution >= 0.6 is 0 Å². The average Bonchev–Trinajstić information content (AvgIpc) is 2.57. The zero-order chi connectivity index (χ0) is 12.1. The van der Waals surface area contributed by atoms with Crippen molar-refractivity contribution in [3.05, 3.63) is 12.2 Å². The molecule has 0 aromatic carbocycles. The van der Waals surface area contributed by atoms with E-state index < -0.39 is 18.0 Å². The Morgan fingerprint density at radius 2 is 2.12 bits per heavy atom. The summed E-state index contributed by atoms with van der Waals surface area (Å²) in [5.41, 5.74) is 0. The molecular formula is C10H15NO5. The number of carboxylic acids is 1. The van der Waals surface area contributed by atoms with Gasteiger partial charge in [-0.1, -0.05) is 0 Å². The van der Waals surface area contributed by atoms with Gasteiger partial charge in [-0.15, -0.1) is 0 Å². The lowest BCUT2D eigenvalue weighted by atomic mass is 10.3. The number of aliphatic hydroxyl groups is 1. The highest BCUT2D eigenvalue weighted by Crippen LogP contribution is 2.13. The number of hydrogen-bond acceptors (Lipinski definition) is 4. The van der Waals surface area contributed by atoms with Crippen LogP contribution in [0.1, 0.15) is 6.92 Å². The Hall–Kier alpha value is -1.40. The lowest BCUT2D eigenvalue weighted by Crippen LogP contribution is -2.28. The number of amides is 1. The molecule has 1 amide bonds. The lowest BCUT2D eigenvalue weighted by molar-refractivity contribution is -0.132. The molecule has 0 saturated carbocycles. The monoisotopic (exact) mass is 229 g/mol. The summed E-state index contributed by atoms with van der Waals surface area (Å²) in [7, 11) is 0. The van der Waals surface area contributed by atoms with Gasteiger partial charge in [-0.05, 0) is 6.92 Å². The Bertz CT molecular complexity index is 302. The van der Waals surface area contributed by atoms with E-state index in [2.05, 4.69) is 0 Å². The Morgan fingerprint density at radius 1 is 1.44 bits per heavy atom. The van der Waals surface area contributed by atoms with Gasteiger partial charge >= 0.3 is 5.97 Å². The standard InChI is InChI=1S/C10H15NO5/c1-2-16-8-6-11(5-7(8)12)9(13)3-4-10(14)15/h3-4,7-8,12H,2,5-6H2,1H3,(H,14,15)/b4-3+. The summed E-state index contributed by atoms with van der Waals surface area (Å²) in [4.78, 5) is 23.0. The van der Waals surface area contributed by atoms with Crippen LogP contribution in [0.5, 0.6) is 0 Å². The molecule has 6 heteroatoms. The van der Waals surface area contributed by atoms with Crippen molar-refractivity contribution in [3.8, 4) is 0 Å². The van der Waals surface area contributed by atoms with Gasteiger partial charge in [0.2, 0.25) is 5.91 Å². The van der Waals surface area contributed by atoms with Crippen molar-refractivity contribution in [1.82, 2.24) is 4.90 Å². The minimum Gasteiger partial charge on any atom is -0.478 e. The third kappa shape index (κ3) is 3.32. The number of β-amino-alcohol motifs (C(OH)–C–C–N with tert-alkyl or cyclic N) is 1. The second kappa shape index (κ2) is 5.62. The Kier molecular flexibility index (Phi) is 4.45. The first-order valence-corrected chi connectivity index (χ1v) is 5.04. The largest absolute Gasteiger partial charge is 0.478 e. The molecule has 0 spiro atoms. The molecule has 1 saturated heterocycles. The number of carbonyl (C=O) groups excluding carboxylic acids is 1. The third-order valence-corrected chi connectivity index (χ3v) is 2.30. The quantitative estimate of drug-likeness (QED) is 0.618. The fourth-order valence-corrected chi connectivity index (χ4v) is 1.56. The van der Waals surface area contributed by atoms with Crippen molar-refractivity contribution in [2.45, 2.75) is 19.1 Å². The zero-order valence-corrected chi connectivity index (χ0v) is 9.00. The molecule has 0 aromatic heterocycles. The van der Waals surface area contributed by atoms with Gasteiger partial charge in [0.15, 0.2) is 0 Å². The van der Waals surface area contributed by atoms with Crippen molar-refractivity contribution in [3.63, 3.8) is 0 Å². The fourth-order valence-electron chi connectivity index (χ4n) is 1.56. The van der Waals surface area contributed by atoms with E-state index >= 15 is 0 Å². The summed E-state index contributed by atoms with van der Waals surface area (Å²) in [6, 6.07) is 0. The summed E-state index contributed by atoms with van der Waals surface area (Å²) in [5.74, 6) is -1.60. The van der Waals surface area contributed by atoms with Crippen molar-refractivity contribution in [2.75, 3.05) is 19.7 Å². The molecule has 16 heavy (non-hydrogen) atoms. The summed E-state index contributed by atoms with van der Waals surface area (Å²) >= 11 is 0. The van der Waals surface area contributed by atoms with Crippen molar-refractivity contribution >= 4 is 11.9 Å². The maximum atomic E-state index is 11.5. The summed E-state index contributed by atoms with van der Waals surface area (Å²) in [6.45, 7) is 2.74. The molecule has 1 aliphatic rings. The molecule has 1 rings (SSSR count). The molecule has 6 nitrogen and oxygen atoms in total. The number of ether oxygens (including phenoxy) is 1. The van der Waals surface area contributed by atoms with Crippen LogP contribution in [0.25, 0.3) is 0 Å². The molecule has 2 atom stereocenters. The van der Waals surface area contributed by atoms with Crippen LogP contribution in [-0.2, 0) is 14.3 Å². The van der Waals surface area contributed by atoms with E-state index in [1.165, 1.54) is 4.90 Å². The molecule has 0 radical (unpaired) electrons. The normalized spacial score (nSPS) is 25.2. The van der Waals surface area contributed by atoms with Gasteiger partial charge < -0.3 is 19.8 Å². The topological polar surface area (TPSA) is 87.1 Å². The molecule has 0 aliphatic carbocycles. The second-order valence-electron chi connectivity index (χ2n) is 3.48. The zero-order valence-electron chi connectivity index (χ0n) is 9.00. The SMILES string of the molecule is CCOC1CN(C(=O)/C=C/C(=O)O)CC1O. The third-order valence-electron chi connectivity index (χ3n) is 2.30. The van der Waals surface area contributed by atoms with Crippen LogP contribution in [0.2, 0.25) is 0 Å². The van der Waals surface area contributed by atoms with Crippen LogP contribution in [-0.4, -0.2) is 58.9 Å². The maximum absolute atomic E-state index is 11.5. The number of aliphatic carboxylic acids is 1. The maximum Gasteiger partial charge on any atom is 0.328 e. The molecule has 90 valence electrons. The Labute approximate surface area is 93.1 Å². The first kappa shape index (κ1) is 12.7. The number of likely N-dealkylation sites (tertiary alicyclic amines) is 1. The van der Waals surface area contributed by atoms with Crippen LogP contribution in [0.3, 0.4) is 0 Å². The average molecular weight is 229 g/mol. The van der Waals surface area contributed by atoms with E-state index in [0.29, 0.717) is 6.61 Å². The van der Waals surface area contributed by atoms with Gasteiger partial charge in [-0.25, -0.2) is 4.79 Å². The predicted molar refractivity (Wildman–Crippen MR) is 54.8 cm³/mol. The van der Waals surface area contributed by atoms with E-state index in [1.54, 1.807) is 0 Å². The van der Waals surface area contributed by atoms with Gasteiger partial charge in [0.1, 0.15) is 6.10 Å². The Balaban J connectivity index is 2.51. The van der Waals surface area contributed by atoms with Gasteiger partial charge in [-0.2, -0.15) is 0 Å². The lowest BCUT2D eigenvalue weighted by Gasteiger charge is -2.13. The van der Waals surface area contributed by atoms with E-state index in [9.17, 15) is 14.7 Å². The molecule has 1 fully saturated rings. The van der Waals surface area contributed by atoms with Crippen LogP contribution in [0.15, 0.2) is 12.2 Å². The molecule has 0 aromatic rings. The van der Waals surface area contributed by atoms with E-state index in [-0.39, 0.29) is 19.2 Å². The van der Waals surface area contributed by atoms with E-state index in [4.69, 9.17) is 9.84 Å². The molecule has 2 N–H and O–H groups in total. The van der Waals surface area contributed by atoms with Gasteiger partial charge in [0.05, 0.1) is 6.10 Å². The van der Waals surface area contributed by atoms with Gasteiger partial charge in [0, 0.05) is 31.8 Å². The highest BCUT2D eigenvalue weighted by molar-refractivity contribution is 5.94. The number of nitrogens with zero attached hydrogens (tertiary/aromatic N) is 1. The van der Waals surface area contributed by atoms with Crippen molar-refractivity contribution in [1.29, 1.82) is 0 Å². The van der Waals surface area contributed by atoms with Gasteiger partial charge in [-0.3, -0.25) is 4.79 Å². The Morgan fingerprint density at radius 3 is 2.69 bits per heavy atom. The first-order chi connectivity index (χ1) is 7.54. The number of rotatable bonds is 4. The molecule has 2 unspecified atom stereocenters. The molecule has 0 bridgehead atoms. The van der Waals surface area contributed by atoms with Crippen molar-refractivity contribution in [2.24, 2.45) is 0 Å². The summed E-state index contributed by atoms with van der Waals surface area (Å²) in [5, 5.41) is 17.9. The highest BCUT2D eigenvalue weighted by Gasteiger charge is 2.33. The van der Waals surface area contributed by atoms with E-state index in [0.717, 1.165) is 12.2 Å². The van der Waals surface area contributed by atoms with Crippen LogP contribution in [0.4, 0.5) is 0 Å². The van der Waals surface area contributed by atoms with E-state index in [1.807, 2.05) is 6.92 Å². The second-order valence-corrected chi connectivity index (χ2v) is 3.48. The number of hydrogen-bond donors (Lipinski definition) is 2. The number of aliphatic hydroxyl groups excluding tert-OH is 1. The molecule has 1 aliphatic heterocycles. The molecule has 1 heterocycles. The number of carboxylic acid groups (broad SMARTS) is 1. The smallest absolute Gasteiger partial charge is 0.328 e. The minimum absolute atomic E-state index is 0.174.